The maximum atomic E-state index is 6.17. The molecule has 1 aliphatic carbocycles. The molecule has 1 aromatic carbocycles. The Balaban J connectivity index is 1.47. The quantitative estimate of drug-likeness (QED) is 0.872. The Hall–Kier alpha value is -1.88. The lowest BCUT2D eigenvalue weighted by Gasteiger charge is -2.36. The molecule has 106 valence electrons. The summed E-state index contributed by atoms with van der Waals surface area (Å²) in [6, 6.07) is 9.70. The molecule has 3 rings (SSSR count). The zero-order valence-corrected chi connectivity index (χ0v) is 11.4. The van der Waals surface area contributed by atoms with Gasteiger partial charge in [0.1, 0.15) is 5.75 Å². The standard InChI is InChI=1S/C15H19N3O2/c16-15(8-4-9-15)11-14-17-13(18-20-14)7-10-19-12-5-2-1-3-6-12/h1-3,5-6H,4,7-11,16H2. The molecule has 0 saturated heterocycles. The molecular weight excluding hydrogens is 254 g/mol. The van der Waals surface area contributed by atoms with Gasteiger partial charge in [0.15, 0.2) is 5.82 Å². The van der Waals surface area contributed by atoms with Gasteiger partial charge in [-0.1, -0.05) is 23.4 Å². The van der Waals surface area contributed by atoms with Gasteiger partial charge in [0.25, 0.3) is 0 Å². The van der Waals surface area contributed by atoms with E-state index in [4.69, 9.17) is 15.0 Å². The molecule has 5 heteroatoms. The van der Waals surface area contributed by atoms with E-state index in [1.807, 2.05) is 30.3 Å². The summed E-state index contributed by atoms with van der Waals surface area (Å²) in [7, 11) is 0. The molecule has 0 bridgehead atoms. The second kappa shape index (κ2) is 5.63. The molecule has 5 nitrogen and oxygen atoms in total. The van der Waals surface area contributed by atoms with Gasteiger partial charge < -0.3 is 15.0 Å². The molecule has 0 amide bonds. The highest BCUT2D eigenvalue weighted by Crippen LogP contribution is 2.31. The van der Waals surface area contributed by atoms with Crippen LogP contribution in [0.3, 0.4) is 0 Å². The molecule has 0 spiro atoms. The van der Waals surface area contributed by atoms with Crippen LogP contribution in [0.5, 0.6) is 5.75 Å². The number of hydrogen-bond acceptors (Lipinski definition) is 5. The van der Waals surface area contributed by atoms with Crippen molar-refractivity contribution in [2.75, 3.05) is 6.61 Å². The molecule has 0 radical (unpaired) electrons. The van der Waals surface area contributed by atoms with Crippen molar-refractivity contribution >= 4 is 0 Å². The summed E-state index contributed by atoms with van der Waals surface area (Å²) in [5.74, 6) is 2.17. The molecule has 1 heterocycles. The van der Waals surface area contributed by atoms with Crippen molar-refractivity contribution in [1.82, 2.24) is 10.1 Å². The average molecular weight is 273 g/mol. The lowest BCUT2D eigenvalue weighted by molar-refractivity contribution is 0.221. The molecule has 1 fully saturated rings. The van der Waals surface area contributed by atoms with Gasteiger partial charge in [0.2, 0.25) is 5.89 Å². The van der Waals surface area contributed by atoms with Gasteiger partial charge in [-0.25, -0.2) is 0 Å². The fourth-order valence-electron chi connectivity index (χ4n) is 2.35. The van der Waals surface area contributed by atoms with Crippen molar-refractivity contribution in [3.05, 3.63) is 42.0 Å². The van der Waals surface area contributed by atoms with Gasteiger partial charge >= 0.3 is 0 Å². The number of ether oxygens (including phenoxy) is 1. The predicted molar refractivity (Wildman–Crippen MR) is 74.4 cm³/mol. The van der Waals surface area contributed by atoms with Crippen molar-refractivity contribution in [1.29, 1.82) is 0 Å². The number of benzene rings is 1. The minimum atomic E-state index is -0.121. The molecule has 0 atom stereocenters. The lowest BCUT2D eigenvalue weighted by atomic mass is 9.75. The third kappa shape index (κ3) is 3.17. The van der Waals surface area contributed by atoms with Gasteiger partial charge in [-0.05, 0) is 31.4 Å². The van der Waals surface area contributed by atoms with Crippen LogP contribution in [-0.2, 0) is 12.8 Å². The highest BCUT2D eigenvalue weighted by molar-refractivity contribution is 5.20. The summed E-state index contributed by atoms with van der Waals surface area (Å²) in [5, 5.41) is 3.97. The number of rotatable bonds is 6. The monoisotopic (exact) mass is 273 g/mol. The number of para-hydroxylation sites is 1. The second-order valence-electron chi connectivity index (χ2n) is 5.41. The van der Waals surface area contributed by atoms with Crippen LogP contribution in [0.2, 0.25) is 0 Å². The fourth-order valence-corrected chi connectivity index (χ4v) is 2.35. The number of aromatic nitrogens is 2. The highest BCUT2D eigenvalue weighted by atomic mass is 16.5. The van der Waals surface area contributed by atoms with Gasteiger partial charge in [-0.2, -0.15) is 4.98 Å². The first kappa shape index (κ1) is 13.1. The Morgan fingerprint density at radius 1 is 1.25 bits per heavy atom. The third-order valence-electron chi connectivity index (χ3n) is 3.70. The van der Waals surface area contributed by atoms with Gasteiger partial charge in [0, 0.05) is 18.4 Å². The van der Waals surface area contributed by atoms with Crippen LogP contribution >= 0.6 is 0 Å². The molecule has 20 heavy (non-hydrogen) atoms. The summed E-state index contributed by atoms with van der Waals surface area (Å²) in [4.78, 5) is 4.37. The van der Waals surface area contributed by atoms with E-state index in [2.05, 4.69) is 10.1 Å². The molecule has 1 aromatic heterocycles. The minimum absolute atomic E-state index is 0.121. The zero-order valence-electron chi connectivity index (χ0n) is 11.4. The largest absolute Gasteiger partial charge is 0.493 e. The number of nitrogens with two attached hydrogens (primary N) is 1. The van der Waals surface area contributed by atoms with Crippen LogP contribution in [-0.4, -0.2) is 22.3 Å². The molecule has 1 saturated carbocycles. The van der Waals surface area contributed by atoms with Crippen molar-refractivity contribution in [2.45, 2.75) is 37.6 Å². The smallest absolute Gasteiger partial charge is 0.228 e. The Labute approximate surface area is 118 Å². The molecule has 0 unspecified atom stereocenters. The predicted octanol–water partition coefficient (Wildman–Crippen LogP) is 2.11. The van der Waals surface area contributed by atoms with Crippen LogP contribution in [0, 0.1) is 0 Å². The maximum Gasteiger partial charge on any atom is 0.228 e. The van der Waals surface area contributed by atoms with E-state index < -0.39 is 0 Å². The van der Waals surface area contributed by atoms with Crippen LogP contribution in [0.15, 0.2) is 34.9 Å². The Morgan fingerprint density at radius 3 is 2.75 bits per heavy atom. The first-order valence-electron chi connectivity index (χ1n) is 7.02. The van der Waals surface area contributed by atoms with E-state index in [1.54, 1.807) is 0 Å². The first-order valence-corrected chi connectivity index (χ1v) is 7.02. The molecule has 2 N–H and O–H groups in total. The topological polar surface area (TPSA) is 74.2 Å². The normalized spacial score (nSPS) is 16.6. The van der Waals surface area contributed by atoms with E-state index in [9.17, 15) is 0 Å². The van der Waals surface area contributed by atoms with Crippen molar-refractivity contribution in [2.24, 2.45) is 5.73 Å². The summed E-state index contributed by atoms with van der Waals surface area (Å²) in [6.07, 6.45) is 4.60. The highest BCUT2D eigenvalue weighted by Gasteiger charge is 2.34. The number of hydrogen-bond donors (Lipinski definition) is 1. The van der Waals surface area contributed by atoms with E-state index in [1.165, 1.54) is 6.42 Å². The summed E-state index contributed by atoms with van der Waals surface area (Å²) in [6.45, 7) is 0.538. The van der Waals surface area contributed by atoms with E-state index in [-0.39, 0.29) is 5.54 Å². The van der Waals surface area contributed by atoms with Crippen molar-refractivity contribution in [3.63, 3.8) is 0 Å². The average Bonchev–Trinajstić information content (AvgIpc) is 2.86. The van der Waals surface area contributed by atoms with Crippen molar-refractivity contribution in [3.8, 4) is 5.75 Å². The van der Waals surface area contributed by atoms with Crippen LogP contribution < -0.4 is 10.5 Å². The molecule has 2 aromatic rings. The molecular formula is C15H19N3O2. The second-order valence-corrected chi connectivity index (χ2v) is 5.41. The number of nitrogens with zero attached hydrogens (tertiary/aromatic N) is 2. The van der Waals surface area contributed by atoms with Crippen LogP contribution in [0.4, 0.5) is 0 Å². The first-order chi connectivity index (χ1) is 9.73. The van der Waals surface area contributed by atoms with Gasteiger partial charge in [0.05, 0.1) is 6.61 Å². The summed E-state index contributed by atoms with van der Waals surface area (Å²) < 4.78 is 10.8. The van der Waals surface area contributed by atoms with Gasteiger partial charge in [-0.15, -0.1) is 0 Å². The zero-order chi connectivity index (χ0) is 13.8. The Morgan fingerprint density at radius 2 is 2.05 bits per heavy atom. The third-order valence-corrected chi connectivity index (χ3v) is 3.70. The fraction of sp³-hybridized carbons (Fsp3) is 0.467. The van der Waals surface area contributed by atoms with E-state index in [0.717, 1.165) is 18.6 Å². The van der Waals surface area contributed by atoms with Crippen LogP contribution in [0.25, 0.3) is 0 Å². The minimum Gasteiger partial charge on any atom is -0.493 e. The lowest BCUT2D eigenvalue weighted by Crippen LogP contribution is -2.48. The van der Waals surface area contributed by atoms with Crippen molar-refractivity contribution < 1.29 is 9.26 Å². The Kier molecular flexibility index (Phi) is 3.69. The molecule has 1 aliphatic rings. The molecule has 0 aliphatic heterocycles. The summed E-state index contributed by atoms with van der Waals surface area (Å²) in [5.41, 5.74) is 6.05. The van der Waals surface area contributed by atoms with Crippen LogP contribution in [0.1, 0.15) is 31.0 Å². The van der Waals surface area contributed by atoms with Gasteiger partial charge in [-0.3, -0.25) is 0 Å². The Bertz CT molecular complexity index is 549. The summed E-state index contributed by atoms with van der Waals surface area (Å²) >= 11 is 0. The SMILES string of the molecule is NC1(Cc2nc(CCOc3ccccc3)no2)CCC1. The van der Waals surface area contributed by atoms with E-state index in [0.29, 0.717) is 31.2 Å². The maximum absolute atomic E-state index is 6.17. The van der Waals surface area contributed by atoms with E-state index >= 15 is 0 Å².